The largest absolute Gasteiger partial charge is 0.134 e. The Labute approximate surface area is 73.4 Å². The van der Waals surface area contributed by atoms with Gasteiger partial charge in [0.2, 0.25) is 0 Å². The van der Waals surface area contributed by atoms with Gasteiger partial charge >= 0.3 is 0 Å². The van der Waals surface area contributed by atoms with Crippen molar-refractivity contribution in [2.24, 2.45) is 5.92 Å². The van der Waals surface area contributed by atoms with E-state index >= 15 is 0 Å². The lowest BCUT2D eigenvalue weighted by Gasteiger charge is -2.12. The lowest BCUT2D eigenvalue weighted by molar-refractivity contribution is 0.506. The van der Waals surface area contributed by atoms with Crippen molar-refractivity contribution in [1.82, 2.24) is 0 Å². The SMILES string of the molecule is C#C.CCCC1CCCC1P. The molecule has 0 N–H and O–H groups in total. The quantitative estimate of drug-likeness (QED) is 0.441. The van der Waals surface area contributed by atoms with E-state index in [4.69, 9.17) is 0 Å². The zero-order valence-corrected chi connectivity index (χ0v) is 8.58. The molecule has 1 saturated carbocycles. The van der Waals surface area contributed by atoms with Crippen LogP contribution in [0.5, 0.6) is 0 Å². The fourth-order valence-corrected chi connectivity index (χ4v) is 2.42. The Bertz CT molecular complexity index is 107. The van der Waals surface area contributed by atoms with Crippen molar-refractivity contribution in [3.05, 3.63) is 0 Å². The topological polar surface area (TPSA) is 0 Å². The van der Waals surface area contributed by atoms with E-state index in [-0.39, 0.29) is 0 Å². The van der Waals surface area contributed by atoms with Gasteiger partial charge in [0.1, 0.15) is 0 Å². The molecule has 1 aliphatic rings. The third kappa shape index (κ3) is 3.78. The second kappa shape index (κ2) is 6.68. The summed E-state index contributed by atoms with van der Waals surface area (Å²) in [6.07, 6.45) is 15.2. The Morgan fingerprint density at radius 3 is 2.36 bits per heavy atom. The Kier molecular flexibility index (Phi) is 6.68. The molecule has 3 atom stereocenters. The van der Waals surface area contributed by atoms with Crippen LogP contribution in [-0.4, -0.2) is 5.66 Å². The van der Waals surface area contributed by atoms with Gasteiger partial charge in [-0.1, -0.05) is 26.2 Å². The highest BCUT2D eigenvalue weighted by molar-refractivity contribution is 7.17. The Morgan fingerprint density at radius 1 is 1.36 bits per heavy atom. The van der Waals surface area contributed by atoms with Gasteiger partial charge in [0.25, 0.3) is 0 Å². The lowest BCUT2D eigenvalue weighted by atomic mass is 10.0. The third-order valence-corrected chi connectivity index (χ3v) is 3.26. The van der Waals surface area contributed by atoms with Crippen molar-refractivity contribution in [1.29, 1.82) is 0 Å². The summed E-state index contributed by atoms with van der Waals surface area (Å²) in [6.45, 7) is 2.29. The van der Waals surface area contributed by atoms with Gasteiger partial charge in [-0.2, -0.15) is 0 Å². The second-order valence-electron chi connectivity index (χ2n) is 3.14. The van der Waals surface area contributed by atoms with Gasteiger partial charge in [-0.05, 0) is 24.4 Å². The normalized spacial score (nSPS) is 29.1. The van der Waals surface area contributed by atoms with Crippen molar-refractivity contribution >= 4 is 9.24 Å². The van der Waals surface area contributed by atoms with E-state index in [1.807, 2.05) is 0 Å². The van der Waals surface area contributed by atoms with Crippen LogP contribution in [0.15, 0.2) is 0 Å². The first-order valence-corrected chi connectivity index (χ1v) is 5.10. The predicted octanol–water partition coefficient (Wildman–Crippen LogP) is 3.08. The highest BCUT2D eigenvalue weighted by atomic mass is 31.0. The molecule has 0 bridgehead atoms. The highest BCUT2D eigenvalue weighted by Gasteiger charge is 2.21. The molecule has 3 unspecified atom stereocenters. The van der Waals surface area contributed by atoms with Gasteiger partial charge in [-0.3, -0.25) is 0 Å². The second-order valence-corrected chi connectivity index (χ2v) is 4.00. The molecule has 0 saturated heterocycles. The fourth-order valence-electron chi connectivity index (χ4n) is 1.79. The summed E-state index contributed by atoms with van der Waals surface area (Å²) in [5.41, 5.74) is 0.949. The summed E-state index contributed by atoms with van der Waals surface area (Å²) in [7, 11) is 2.99. The van der Waals surface area contributed by atoms with Gasteiger partial charge in [-0.25, -0.2) is 0 Å². The first-order valence-electron chi connectivity index (χ1n) is 4.43. The summed E-state index contributed by atoms with van der Waals surface area (Å²) in [6, 6.07) is 0. The summed E-state index contributed by atoms with van der Waals surface area (Å²) < 4.78 is 0. The van der Waals surface area contributed by atoms with Gasteiger partial charge in [0.05, 0.1) is 0 Å². The van der Waals surface area contributed by atoms with Crippen molar-refractivity contribution in [3.63, 3.8) is 0 Å². The molecule has 0 heterocycles. The summed E-state index contributed by atoms with van der Waals surface area (Å²) in [5.74, 6) is 1.04. The zero-order valence-electron chi connectivity index (χ0n) is 7.42. The van der Waals surface area contributed by atoms with E-state index in [9.17, 15) is 0 Å². The Balaban J connectivity index is 0.000000461. The Morgan fingerprint density at radius 2 is 2.00 bits per heavy atom. The minimum absolute atomic E-state index is 0.949. The third-order valence-electron chi connectivity index (χ3n) is 2.38. The molecule has 0 aromatic heterocycles. The molecule has 0 aromatic carbocycles. The van der Waals surface area contributed by atoms with Crippen molar-refractivity contribution in [3.8, 4) is 12.8 Å². The average molecular weight is 170 g/mol. The number of hydrogen-bond acceptors (Lipinski definition) is 0. The molecule has 1 fully saturated rings. The van der Waals surface area contributed by atoms with Crippen LogP contribution >= 0.6 is 9.24 Å². The van der Waals surface area contributed by atoms with Crippen molar-refractivity contribution in [2.75, 3.05) is 0 Å². The Hall–Kier alpha value is -0.0100. The number of terminal acetylenes is 1. The maximum atomic E-state index is 4.00. The van der Waals surface area contributed by atoms with Gasteiger partial charge < -0.3 is 0 Å². The van der Waals surface area contributed by atoms with E-state index in [1.54, 1.807) is 0 Å². The predicted molar refractivity (Wildman–Crippen MR) is 55.6 cm³/mol. The molecule has 0 aromatic rings. The minimum atomic E-state index is 0.949. The monoisotopic (exact) mass is 170 g/mol. The summed E-state index contributed by atoms with van der Waals surface area (Å²) >= 11 is 0. The van der Waals surface area contributed by atoms with Gasteiger partial charge in [0, 0.05) is 0 Å². The fraction of sp³-hybridized carbons (Fsp3) is 0.800. The maximum Gasteiger partial charge on any atom is -0.0236 e. The van der Waals surface area contributed by atoms with Gasteiger partial charge in [-0.15, -0.1) is 22.1 Å². The average Bonchev–Trinajstić information content (AvgIpc) is 2.42. The molecule has 1 rings (SSSR count). The maximum absolute atomic E-state index is 4.00. The van der Waals surface area contributed by atoms with Crippen LogP contribution in [0, 0.1) is 18.8 Å². The standard InChI is InChI=1S/C8H17P.C2H2/c1-2-4-7-5-3-6-8(7)9;1-2/h7-8H,2-6,9H2,1H3;1-2H. The van der Waals surface area contributed by atoms with E-state index in [0.29, 0.717) is 0 Å². The number of hydrogen-bond donors (Lipinski definition) is 0. The van der Waals surface area contributed by atoms with Crippen LogP contribution in [0.3, 0.4) is 0 Å². The van der Waals surface area contributed by atoms with Crippen LogP contribution in [-0.2, 0) is 0 Å². The van der Waals surface area contributed by atoms with E-state index in [1.165, 1.54) is 32.1 Å². The van der Waals surface area contributed by atoms with Crippen molar-refractivity contribution < 1.29 is 0 Å². The van der Waals surface area contributed by atoms with E-state index < -0.39 is 0 Å². The highest BCUT2D eigenvalue weighted by Crippen LogP contribution is 2.34. The molecule has 0 amide bonds. The summed E-state index contributed by atoms with van der Waals surface area (Å²) in [4.78, 5) is 0. The molecule has 0 spiro atoms. The molecule has 1 heteroatoms. The first kappa shape index (κ1) is 11.0. The molecule has 11 heavy (non-hydrogen) atoms. The summed E-state index contributed by atoms with van der Waals surface area (Å²) in [5, 5.41) is 0. The smallest absolute Gasteiger partial charge is 0.0236 e. The van der Waals surface area contributed by atoms with Crippen LogP contribution in [0.2, 0.25) is 0 Å². The molecular weight excluding hydrogens is 151 g/mol. The van der Waals surface area contributed by atoms with E-state index in [0.717, 1.165) is 11.6 Å². The lowest BCUT2D eigenvalue weighted by Crippen LogP contribution is -2.04. The van der Waals surface area contributed by atoms with Crippen molar-refractivity contribution in [2.45, 2.75) is 44.7 Å². The van der Waals surface area contributed by atoms with Crippen LogP contribution in [0.1, 0.15) is 39.0 Å². The molecule has 64 valence electrons. The molecular formula is C10H19P. The first-order chi connectivity index (χ1) is 5.34. The van der Waals surface area contributed by atoms with Crippen LogP contribution in [0.4, 0.5) is 0 Å². The number of rotatable bonds is 2. The molecule has 0 aliphatic heterocycles. The zero-order chi connectivity index (χ0) is 8.69. The van der Waals surface area contributed by atoms with Crippen LogP contribution < -0.4 is 0 Å². The molecule has 1 aliphatic carbocycles. The van der Waals surface area contributed by atoms with Crippen LogP contribution in [0.25, 0.3) is 0 Å². The van der Waals surface area contributed by atoms with E-state index in [2.05, 4.69) is 29.0 Å². The minimum Gasteiger partial charge on any atom is -0.134 e. The molecule has 0 radical (unpaired) electrons. The van der Waals surface area contributed by atoms with Gasteiger partial charge in [0.15, 0.2) is 0 Å². The molecule has 0 nitrogen and oxygen atoms in total.